The monoisotopic (exact) mass is 397 g/mol. The van der Waals surface area contributed by atoms with Crippen molar-refractivity contribution in [2.45, 2.75) is 38.1 Å². The van der Waals surface area contributed by atoms with Crippen molar-refractivity contribution in [3.05, 3.63) is 46.5 Å². The Bertz CT molecular complexity index is 1250. The molecule has 5 rings (SSSR count). The lowest BCUT2D eigenvalue weighted by Gasteiger charge is -2.12. The van der Waals surface area contributed by atoms with Gasteiger partial charge in [0.2, 0.25) is 0 Å². The number of aromatic nitrogens is 5. The molecule has 1 aliphatic carbocycles. The SMILES string of the molecule is COCCn1c(=O)c2c(-c3nc(C4CCCC4)no3)ncn2c2cccc(F)c21. The minimum Gasteiger partial charge on any atom is -0.383 e. The smallest absolute Gasteiger partial charge is 0.278 e. The van der Waals surface area contributed by atoms with Gasteiger partial charge in [-0.3, -0.25) is 9.20 Å². The molecule has 3 heterocycles. The van der Waals surface area contributed by atoms with Crippen LogP contribution in [-0.4, -0.2) is 37.8 Å². The summed E-state index contributed by atoms with van der Waals surface area (Å²) in [4.78, 5) is 22.2. The van der Waals surface area contributed by atoms with E-state index in [9.17, 15) is 9.18 Å². The summed E-state index contributed by atoms with van der Waals surface area (Å²) in [6.45, 7) is 0.487. The van der Waals surface area contributed by atoms with Crippen LogP contribution in [0.1, 0.15) is 37.4 Å². The molecule has 0 saturated heterocycles. The highest BCUT2D eigenvalue weighted by Crippen LogP contribution is 2.33. The van der Waals surface area contributed by atoms with Gasteiger partial charge in [-0.05, 0) is 25.0 Å². The Balaban J connectivity index is 1.73. The van der Waals surface area contributed by atoms with E-state index in [1.54, 1.807) is 16.5 Å². The van der Waals surface area contributed by atoms with Crippen LogP contribution in [0.5, 0.6) is 0 Å². The Labute approximate surface area is 164 Å². The van der Waals surface area contributed by atoms with Gasteiger partial charge in [0.25, 0.3) is 11.4 Å². The summed E-state index contributed by atoms with van der Waals surface area (Å²) in [7, 11) is 1.54. The number of para-hydroxylation sites is 1. The van der Waals surface area contributed by atoms with Gasteiger partial charge < -0.3 is 13.8 Å². The van der Waals surface area contributed by atoms with Crippen molar-refractivity contribution in [1.29, 1.82) is 0 Å². The van der Waals surface area contributed by atoms with Gasteiger partial charge in [0.15, 0.2) is 11.5 Å². The van der Waals surface area contributed by atoms with E-state index in [0.29, 0.717) is 17.0 Å². The number of fused-ring (bicyclic) bond motifs is 3. The molecule has 1 fully saturated rings. The fraction of sp³-hybridized carbons (Fsp3) is 0.400. The molecule has 29 heavy (non-hydrogen) atoms. The summed E-state index contributed by atoms with van der Waals surface area (Å²) in [5.74, 6) is 0.676. The second-order valence-electron chi connectivity index (χ2n) is 7.31. The predicted octanol–water partition coefficient (Wildman–Crippen LogP) is 3.14. The van der Waals surface area contributed by atoms with Crippen molar-refractivity contribution in [2.75, 3.05) is 13.7 Å². The molecular weight excluding hydrogens is 377 g/mol. The van der Waals surface area contributed by atoms with Crippen LogP contribution in [0.4, 0.5) is 4.39 Å². The Kier molecular flexibility index (Phi) is 4.39. The van der Waals surface area contributed by atoms with E-state index in [-0.39, 0.29) is 41.6 Å². The minimum atomic E-state index is -0.478. The molecular formula is C20H20FN5O3. The van der Waals surface area contributed by atoms with Gasteiger partial charge in [0, 0.05) is 19.6 Å². The van der Waals surface area contributed by atoms with Crippen LogP contribution in [0.3, 0.4) is 0 Å². The Hall–Kier alpha value is -3.07. The number of halogens is 1. The molecule has 1 aliphatic rings. The van der Waals surface area contributed by atoms with E-state index in [1.807, 2.05) is 0 Å². The quantitative estimate of drug-likeness (QED) is 0.514. The standard InChI is InChI=1S/C20H20FN5O3/c1-28-10-9-25-16-13(21)7-4-8-14(16)26-11-22-15(17(26)20(25)27)19-23-18(24-29-19)12-5-2-3-6-12/h4,7-8,11-12H,2-3,5-6,9-10H2,1H3. The maximum absolute atomic E-state index is 14.6. The highest BCUT2D eigenvalue weighted by atomic mass is 19.1. The largest absolute Gasteiger partial charge is 0.383 e. The molecule has 0 radical (unpaired) electrons. The summed E-state index contributed by atoms with van der Waals surface area (Å²) in [5.41, 5.74) is 0.950. The predicted molar refractivity (Wildman–Crippen MR) is 103 cm³/mol. The van der Waals surface area contributed by atoms with Gasteiger partial charge in [-0.25, -0.2) is 9.37 Å². The summed E-state index contributed by atoms with van der Waals surface area (Å²) in [6, 6.07) is 4.69. The zero-order valence-corrected chi connectivity index (χ0v) is 16.0. The maximum Gasteiger partial charge on any atom is 0.278 e. The van der Waals surface area contributed by atoms with Gasteiger partial charge in [-0.1, -0.05) is 24.1 Å². The normalized spacial score (nSPS) is 15.1. The number of hydrogen-bond acceptors (Lipinski definition) is 6. The van der Waals surface area contributed by atoms with Crippen molar-refractivity contribution < 1.29 is 13.7 Å². The van der Waals surface area contributed by atoms with E-state index in [2.05, 4.69) is 15.1 Å². The molecule has 150 valence electrons. The highest BCUT2D eigenvalue weighted by molar-refractivity contribution is 5.83. The summed E-state index contributed by atoms with van der Waals surface area (Å²) < 4.78 is 28.1. The van der Waals surface area contributed by atoms with Gasteiger partial charge in [-0.2, -0.15) is 4.98 Å². The zero-order chi connectivity index (χ0) is 20.0. The fourth-order valence-electron chi connectivity index (χ4n) is 4.16. The third-order valence-corrected chi connectivity index (χ3v) is 5.59. The Morgan fingerprint density at radius 1 is 1.28 bits per heavy atom. The minimum absolute atomic E-state index is 0.209. The van der Waals surface area contributed by atoms with Crippen LogP contribution in [0.15, 0.2) is 33.8 Å². The van der Waals surface area contributed by atoms with Gasteiger partial charge in [-0.15, -0.1) is 0 Å². The first-order valence-electron chi connectivity index (χ1n) is 9.70. The van der Waals surface area contributed by atoms with Crippen molar-refractivity contribution in [3.8, 4) is 11.6 Å². The molecule has 1 saturated carbocycles. The molecule has 3 aromatic heterocycles. The van der Waals surface area contributed by atoms with E-state index in [1.165, 1.54) is 24.1 Å². The number of hydrogen-bond donors (Lipinski definition) is 0. The second-order valence-corrected chi connectivity index (χ2v) is 7.31. The summed E-state index contributed by atoms with van der Waals surface area (Å²) in [5, 5.41) is 4.11. The van der Waals surface area contributed by atoms with E-state index >= 15 is 0 Å². The van der Waals surface area contributed by atoms with Gasteiger partial charge in [0.1, 0.15) is 23.2 Å². The number of ether oxygens (including phenoxy) is 1. The van der Waals surface area contributed by atoms with Crippen molar-refractivity contribution in [1.82, 2.24) is 24.1 Å². The van der Waals surface area contributed by atoms with Crippen molar-refractivity contribution in [3.63, 3.8) is 0 Å². The molecule has 1 aromatic carbocycles. The average molecular weight is 397 g/mol. The number of imidazole rings is 1. The highest BCUT2D eigenvalue weighted by Gasteiger charge is 2.26. The molecule has 0 unspecified atom stereocenters. The van der Waals surface area contributed by atoms with E-state index in [4.69, 9.17) is 9.26 Å². The molecule has 0 aliphatic heterocycles. The van der Waals surface area contributed by atoms with Crippen LogP contribution in [-0.2, 0) is 11.3 Å². The van der Waals surface area contributed by atoms with Crippen LogP contribution in [0.25, 0.3) is 28.1 Å². The first-order valence-corrected chi connectivity index (χ1v) is 9.70. The topological polar surface area (TPSA) is 87.5 Å². The molecule has 0 atom stereocenters. The van der Waals surface area contributed by atoms with Crippen LogP contribution in [0.2, 0.25) is 0 Å². The first-order chi connectivity index (χ1) is 14.2. The molecule has 9 heteroatoms. The van der Waals surface area contributed by atoms with E-state index in [0.717, 1.165) is 25.7 Å². The molecule has 4 aromatic rings. The molecule has 0 amide bonds. The molecule has 0 N–H and O–H groups in total. The number of benzene rings is 1. The van der Waals surface area contributed by atoms with Gasteiger partial charge in [0.05, 0.1) is 12.1 Å². The molecule has 0 bridgehead atoms. The fourth-order valence-corrected chi connectivity index (χ4v) is 4.16. The van der Waals surface area contributed by atoms with Crippen molar-refractivity contribution >= 4 is 16.6 Å². The third kappa shape index (κ3) is 2.84. The lowest BCUT2D eigenvalue weighted by atomic mass is 10.1. The Morgan fingerprint density at radius 3 is 2.90 bits per heavy atom. The summed E-state index contributed by atoms with van der Waals surface area (Å²) in [6.07, 6.45) is 5.88. The summed E-state index contributed by atoms with van der Waals surface area (Å²) >= 11 is 0. The Morgan fingerprint density at radius 2 is 2.10 bits per heavy atom. The number of rotatable bonds is 5. The van der Waals surface area contributed by atoms with Gasteiger partial charge >= 0.3 is 0 Å². The number of nitrogens with zero attached hydrogens (tertiary/aromatic N) is 5. The lowest BCUT2D eigenvalue weighted by molar-refractivity contribution is 0.187. The third-order valence-electron chi connectivity index (χ3n) is 5.59. The van der Waals surface area contributed by atoms with Crippen molar-refractivity contribution in [2.24, 2.45) is 0 Å². The first kappa shape index (κ1) is 18.0. The second kappa shape index (κ2) is 7.07. The molecule has 0 spiro atoms. The maximum atomic E-state index is 14.6. The molecule has 8 nitrogen and oxygen atoms in total. The van der Waals surface area contributed by atoms with Crippen LogP contribution < -0.4 is 5.56 Å². The van der Waals surface area contributed by atoms with Crippen LogP contribution in [0, 0.1) is 5.82 Å². The lowest BCUT2D eigenvalue weighted by Crippen LogP contribution is -2.25. The van der Waals surface area contributed by atoms with Crippen LogP contribution >= 0.6 is 0 Å². The number of methoxy groups -OCH3 is 1. The van der Waals surface area contributed by atoms with E-state index < -0.39 is 5.82 Å². The average Bonchev–Trinajstić information content (AvgIpc) is 3.47. The zero-order valence-electron chi connectivity index (χ0n) is 16.0.